The van der Waals surface area contributed by atoms with Crippen molar-refractivity contribution in [2.24, 2.45) is 0 Å². The first-order chi connectivity index (χ1) is 15.4. The second-order valence-corrected chi connectivity index (χ2v) is 7.46. The van der Waals surface area contributed by atoms with Gasteiger partial charge in [-0.3, -0.25) is 14.9 Å². The molecule has 1 aromatic heterocycles. The number of benzene rings is 2. The van der Waals surface area contributed by atoms with Crippen LogP contribution in [0.3, 0.4) is 0 Å². The van der Waals surface area contributed by atoms with Crippen molar-refractivity contribution >= 4 is 23.3 Å². The number of hydrogen-bond acceptors (Lipinski definition) is 5. The number of nitro groups is 1. The Morgan fingerprint density at radius 3 is 2.66 bits per heavy atom. The third-order valence-corrected chi connectivity index (χ3v) is 5.40. The molecule has 1 saturated heterocycles. The molecule has 0 spiro atoms. The number of nitro benzene ring substituents is 1. The summed E-state index contributed by atoms with van der Waals surface area (Å²) in [5.74, 6) is -0.302. The van der Waals surface area contributed by atoms with E-state index in [1.807, 2.05) is 37.3 Å². The highest BCUT2D eigenvalue weighted by Gasteiger charge is 2.38. The third kappa shape index (κ3) is 3.89. The number of rotatable bonds is 4. The molecule has 0 aliphatic carbocycles. The highest BCUT2D eigenvalue weighted by molar-refractivity contribution is 5.95. The zero-order valence-corrected chi connectivity index (χ0v) is 17.6. The van der Waals surface area contributed by atoms with Gasteiger partial charge in [-0.15, -0.1) is 0 Å². The molecule has 3 amide bonds. The van der Waals surface area contributed by atoms with Crippen LogP contribution in [-0.4, -0.2) is 44.6 Å². The third-order valence-electron chi connectivity index (χ3n) is 5.40. The van der Waals surface area contributed by atoms with Crippen LogP contribution in [-0.2, 0) is 4.79 Å². The number of nitrogens with zero attached hydrogens (tertiary/aromatic N) is 4. The van der Waals surface area contributed by atoms with E-state index in [1.165, 1.54) is 23.1 Å². The van der Waals surface area contributed by atoms with E-state index in [1.54, 1.807) is 17.7 Å². The van der Waals surface area contributed by atoms with Crippen LogP contribution in [0.5, 0.6) is 0 Å². The minimum absolute atomic E-state index is 0.133. The first-order valence-electron chi connectivity index (χ1n) is 10.1. The van der Waals surface area contributed by atoms with Gasteiger partial charge in [0.2, 0.25) is 5.91 Å². The van der Waals surface area contributed by atoms with Gasteiger partial charge in [0.1, 0.15) is 6.04 Å². The average Bonchev–Trinajstić information content (AvgIpc) is 3.08. The number of carbonyl (C=O) groups is 2. The van der Waals surface area contributed by atoms with Crippen molar-refractivity contribution in [2.45, 2.75) is 19.9 Å². The molecule has 0 bridgehead atoms. The Bertz CT molecular complexity index is 1190. The molecule has 164 valence electrons. The Morgan fingerprint density at radius 2 is 1.94 bits per heavy atom. The van der Waals surface area contributed by atoms with Gasteiger partial charge in [0.25, 0.3) is 5.69 Å². The molecule has 4 rings (SSSR count). The summed E-state index contributed by atoms with van der Waals surface area (Å²) in [6.07, 6.45) is 0. The maximum absolute atomic E-state index is 13.1. The number of anilines is 1. The maximum Gasteiger partial charge on any atom is 0.322 e. The molecule has 0 radical (unpaired) electrons. The van der Waals surface area contributed by atoms with E-state index in [2.05, 4.69) is 15.7 Å². The molecule has 2 aromatic carbocycles. The second-order valence-electron chi connectivity index (χ2n) is 7.46. The fourth-order valence-corrected chi connectivity index (χ4v) is 3.94. The van der Waals surface area contributed by atoms with E-state index in [-0.39, 0.29) is 23.8 Å². The lowest BCUT2D eigenvalue weighted by atomic mass is 10.0. The van der Waals surface area contributed by atoms with Gasteiger partial charge >= 0.3 is 6.03 Å². The first kappa shape index (κ1) is 21.0. The molecule has 3 aromatic rings. The molecule has 1 atom stereocenters. The lowest BCUT2D eigenvalue weighted by Crippen LogP contribution is -2.53. The molecule has 0 unspecified atom stereocenters. The van der Waals surface area contributed by atoms with Gasteiger partial charge in [0, 0.05) is 42.2 Å². The monoisotopic (exact) mass is 434 g/mol. The van der Waals surface area contributed by atoms with Crippen LogP contribution in [0.2, 0.25) is 0 Å². The fourth-order valence-electron chi connectivity index (χ4n) is 3.94. The van der Waals surface area contributed by atoms with Crippen molar-refractivity contribution < 1.29 is 14.5 Å². The average molecular weight is 434 g/mol. The van der Waals surface area contributed by atoms with Crippen molar-refractivity contribution in [3.05, 3.63) is 81.7 Å². The van der Waals surface area contributed by atoms with Gasteiger partial charge in [-0.1, -0.05) is 24.3 Å². The quantitative estimate of drug-likeness (QED) is 0.483. The van der Waals surface area contributed by atoms with Gasteiger partial charge in [0.05, 0.1) is 16.3 Å². The normalized spacial score (nSPS) is 15.9. The number of para-hydroxylation sites is 1. The molecule has 10 heteroatoms. The van der Waals surface area contributed by atoms with Gasteiger partial charge in [-0.2, -0.15) is 5.10 Å². The number of aromatic nitrogens is 2. The Labute approximate surface area is 184 Å². The summed E-state index contributed by atoms with van der Waals surface area (Å²) in [5.41, 5.74) is 3.04. The van der Waals surface area contributed by atoms with Gasteiger partial charge < -0.3 is 15.5 Å². The fraction of sp³-hybridized carbons (Fsp3) is 0.227. The van der Waals surface area contributed by atoms with E-state index in [4.69, 9.17) is 0 Å². The topological polar surface area (TPSA) is 122 Å². The van der Waals surface area contributed by atoms with Gasteiger partial charge in [-0.25, -0.2) is 9.48 Å². The zero-order valence-electron chi connectivity index (χ0n) is 17.6. The van der Waals surface area contributed by atoms with E-state index in [0.29, 0.717) is 17.8 Å². The summed E-state index contributed by atoms with van der Waals surface area (Å²) >= 11 is 0. The van der Waals surface area contributed by atoms with Crippen molar-refractivity contribution in [2.75, 3.05) is 18.4 Å². The van der Waals surface area contributed by atoms with Crippen molar-refractivity contribution in [1.29, 1.82) is 0 Å². The molecular formula is C22H22N6O4. The van der Waals surface area contributed by atoms with Gasteiger partial charge in [0.15, 0.2) is 0 Å². The highest BCUT2D eigenvalue weighted by Crippen LogP contribution is 2.31. The summed E-state index contributed by atoms with van der Waals surface area (Å²) in [6, 6.07) is 13.8. The number of piperazine rings is 1. The van der Waals surface area contributed by atoms with Crippen molar-refractivity contribution in [3.8, 4) is 5.69 Å². The minimum atomic E-state index is -0.875. The minimum Gasteiger partial charge on any atom is -0.352 e. The van der Waals surface area contributed by atoms with Crippen LogP contribution >= 0.6 is 0 Å². The number of non-ortho nitro benzene ring substituents is 1. The van der Waals surface area contributed by atoms with E-state index in [0.717, 1.165) is 11.4 Å². The molecule has 2 heterocycles. The molecule has 1 aliphatic heterocycles. The molecule has 1 aliphatic rings. The van der Waals surface area contributed by atoms with Crippen LogP contribution in [0.1, 0.15) is 23.0 Å². The SMILES string of the molecule is Cc1nn(-c2ccccc2)c(C)c1[C@H]1C(=O)NCCN1C(=O)Nc1cccc([N+](=O)[O-])c1. The summed E-state index contributed by atoms with van der Waals surface area (Å²) in [7, 11) is 0. The van der Waals surface area contributed by atoms with Crippen LogP contribution in [0.15, 0.2) is 54.6 Å². The standard InChI is InChI=1S/C22H22N6O4/c1-14-19(15(2)27(25-14)17-8-4-3-5-9-17)20-21(29)23-11-12-26(20)22(30)24-16-7-6-10-18(13-16)28(31)32/h3-10,13,20H,11-12H2,1-2H3,(H,23,29)(H,24,30)/t20-/m0/s1. The lowest BCUT2D eigenvalue weighted by molar-refractivity contribution is -0.384. The van der Waals surface area contributed by atoms with E-state index < -0.39 is 17.0 Å². The Balaban J connectivity index is 1.67. The van der Waals surface area contributed by atoms with Gasteiger partial charge in [-0.05, 0) is 32.0 Å². The molecule has 32 heavy (non-hydrogen) atoms. The molecule has 1 fully saturated rings. The first-order valence-corrected chi connectivity index (χ1v) is 10.1. The predicted molar refractivity (Wildman–Crippen MR) is 118 cm³/mol. The number of aryl methyl sites for hydroxylation is 1. The number of hydrogen-bond donors (Lipinski definition) is 2. The smallest absolute Gasteiger partial charge is 0.322 e. The Morgan fingerprint density at radius 1 is 1.19 bits per heavy atom. The number of carbonyl (C=O) groups excluding carboxylic acids is 2. The maximum atomic E-state index is 13.1. The summed E-state index contributed by atoms with van der Waals surface area (Å²) in [5, 5.41) is 21.1. The summed E-state index contributed by atoms with van der Waals surface area (Å²) < 4.78 is 1.75. The second kappa shape index (κ2) is 8.50. The molecule has 10 nitrogen and oxygen atoms in total. The Hall–Kier alpha value is -4.21. The molecular weight excluding hydrogens is 412 g/mol. The molecule has 0 saturated carbocycles. The number of urea groups is 1. The largest absolute Gasteiger partial charge is 0.352 e. The number of nitrogens with one attached hydrogen (secondary N) is 2. The van der Waals surface area contributed by atoms with E-state index >= 15 is 0 Å². The predicted octanol–water partition coefficient (Wildman–Crippen LogP) is 3.10. The lowest BCUT2D eigenvalue weighted by Gasteiger charge is -2.35. The van der Waals surface area contributed by atoms with Crippen LogP contribution in [0.4, 0.5) is 16.2 Å². The zero-order chi connectivity index (χ0) is 22.8. The highest BCUT2D eigenvalue weighted by atomic mass is 16.6. The van der Waals surface area contributed by atoms with E-state index in [9.17, 15) is 19.7 Å². The van der Waals surface area contributed by atoms with Crippen LogP contribution in [0.25, 0.3) is 5.69 Å². The number of amides is 3. The Kier molecular flexibility index (Phi) is 5.59. The summed E-state index contributed by atoms with van der Waals surface area (Å²) in [6.45, 7) is 4.26. The van der Waals surface area contributed by atoms with Crippen molar-refractivity contribution in [3.63, 3.8) is 0 Å². The van der Waals surface area contributed by atoms with Crippen molar-refractivity contribution in [1.82, 2.24) is 20.0 Å². The van der Waals surface area contributed by atoms with Crippen LogP contribution in [0, 0.1) is 24.0 Å². The molecule has 2 N–H and O–H groups in total. The summed E-state index contributed by atoms with van der Waals surface area (Å²) in [4.78, 5) is 38.0. The van der Waals surface area contributed by atoms with Crippen LogP contribution < -0.4 is 10.6 Å².